The third-order valence-electron chi connectivity index (χ3n) is 4.23. The maximum absolute atomic E-state index is 12.5. The number of rotatable bonds is 7. The molecule has 0 aliphatic carbocycles. The second-order valence-electron chi connectivity index (χ2n) is 6.88. The van der Waals surface area contributed by atoms with E-state index >= 15 is 0 Å². The highest BCUT2D eigenvalue weighted by Gasteiger charge is 2.45. The third kappa shape index (κ3) is 4.05. The first-order valence-corrected chi connectivity index (χ1v) is 8.68. The lowest BCUT2D eigenvalue weighted by molar-refractivity contribution is -0.146. The minimum absolute atomic E-state index is 0.0832. The predicted octanol–water partition coefficient (Wildman–Crippen LogP) is 0.865. The molecule has 1 fully saturated rings. The van der Waals surface area contributed by atoms with Gasteiger partial charge < -0.3 is 19.8 Å². The van der Waals surface area contributed by atoms with Gasteiger partial charge in [-0.2, -0.15) is 0 Å². The molecule has 1 saturated heterocycles. The van der Waals surface area contributed by atoms with E-state index in [4.69, 9.17) is 9.47 Å². The van der Waals surface area contributed by atoms with Gasteiger partial charge in [-0.3, -0.25) is 19.3 Å². The molecule has 0 bridgehead atoms. The number of nitrogens with one attached hydrogen (secondary N) is 2. The summed E-state index contributed by atoms with van der Waals surface area (Å²) in [5.74, 6) is -2.74. The number of aromatic nitrogens is 1. The third-order valence-corrected chi connectivity index (χ3v) is 4.23. The van der Waals surface area contributed by atoms with Gasteiger partial charge in [-0.25, -0.2) is 9.59 Å². The number of nitrogens with zero attached hydrogens (tertiary/aromatic N) is 1. The Morgan fingerprint density at radius 2 is 1.64 bits per heavy atom. The summed E-state index contributed by atoms with van der Waals surface area (Å²) >= 11 is 0. The minimum atomic E-state index is -1.11. The molecule has 2 heterocycles. The lowest BCUT2D eigenvalue weighted by atomic mass is 10.1. The first-order chi connectivity index (χ1) is 13.0. The summed E-state index contributed by atoms with van der Waals surface area (Å²) in [5, 5.41) is 2.44. The topological polar surface area (TPSA) is 135 Å². The van der Waals surface area contributed by atoms with E-state index in [0.29, 0.717) is 11.4 Å². The molecule has 10 heteroatoms. The van der Waals surface area contributed by atoms with Crippen molar-refractivity contribution in [1.29, 1.82) is 0 Å². The Morgan fingerprint density at radius 1 is 1.04 bits per heavy atom. The van der Waals surface area contributed by atoms with Crippen LogP contribution < -0.4 is 5.32 Å². The van der Waals surface area contributed by atoms with Crippen molar-refractivity contribution in [3.05, 3.63) is 22.5 Å². The van der Waals surface area contributed by atoms with Gasteiger partial charge >= 0.3 is 18.0 Å². The number of Topliss-reactive ketones (excluding diaryl/α,β-unsaturated/α-hetero) is 1. The molecule has 1 aromatic heterocycles. The SMILES string of the molecule is CCOC(=O)c1c(C)[nH]c(C)c1C(=O)COC(=O)CN1C(=O)NC(C)(C)C1=O. The van der Waals surface area contributed by atoms with Crippen molar-refractivity contribution in [2.24, 2.45) is 0 Å². The number of carbonyl (C=O) groups excluding carboxylic acids is 5. The maximum Gasteiger partial charge on any atom is 0.340 e. The van der Waals surface area contributed by atoms with Gasteiger partial charge in [0.05, 0.1) is 17.7 Å². The number of amides is 3. The van der Waals surface area contributed by atoms with Crippen molar-refractivity contribution in [2.45, 2.75) is 40.2 Å². The first-order valence-electron chi connectivity index (χ1n) is 8.68. The number of esters is 2. The van der Waals surface area contributed by atoms with E-state index in [1.54, 1.807) is 20.8 Å². The zero-order valence-corrected chi connectivity index (χ0v) is 16.4. The van der Waals surface area contributed by atoms with E-state index in [-0.39, 0.29) is 17.7 Å². The molecule has 10 nitrogen and oxygen atoms in total. The minimum Gasteiger partial charge on any atom is -0.462 e. The average molecular weight is 393 g/mol. The predicted molar refractivity (Wildman–Crippen MR) is 95.8 cm³/mol. The largest absolute Gasteiger partial charge is 0.462 e. The van der Waals surface area contributed by atoms with Crippen LogP contribution in [0.15, 0.2) is 0 Å². The highest BCUT2D eigenvalue weighted by molar-refractivity contribution is 6.10. The number of ether oxygens (including phenoxy) is 2. The molecule has 0 aromatic carbocycles. The summed E-state index contributed by atoms with van der Waals surface area (Å²) in [5.41, 5.74) is -0.0256. The summed E-state index contributed by atoms with van der Waals surface area (Å²) in [6, 6.07) is -0.708. The number of hydrogen-bond donors (Lipinski definition) is 2. The van der Waals surface area contributed by atoms with E-state index in [9.17, 15) is 24.0 Å². The molecular formula is C18H23N3O7. The van der Waals surface area contributed by atoms with Crippen LogP contribution in [0.2, 0.25) is 0 Å². The molecule has 3 amide bonds. The van der Waals surface area contributed by atoms with E-state index in [1.807, 2.05) is 0 Å². The zero-order chi connectivity index (χ0) is 21.2. The molecule has 1 aliphatic rings. The molecule has 152 valence electrons. The number of imide groups is 1. The van der Waals surface area contributed by atoms with Crippen LogP contribution in [0.4, 0.5) is 4.79 Å². The second kappa shape index (κ2) is 7.83. The van der Waals surface area contributed by atoms with Crippen LogP contribution in [0, 0.1) is 13.8 Å². The number of aromatic amines is 1. The Bertz CT molecular complexity index is 854. The molecule has 0 unspecified atom stereocenters. The fourth-order valence-corrected chi connectivity index (χ4v) is 2.94. The zero-order valence-electron chi connectivity index (χ0n) is 16.4. The van der Waals surface area contributed by atoms with Crippen molar-refractivity contribution < 1.29 is 33.4 Å². The van der Waals surface area contributed by atoms with Gasteiger partial charge in [0.1, 0.15) is 12.1 Å². The van der Waals surface area contributed by atoms with Crippen molar-refractivity contribution in [3.63, 3.8) is 0 Å². The summed E-state index contributed by atoms with van der Waals surface area (Å²) in [6.07, 6.45) is 0. The lowest BCUT2D eigenvalue weighted by Crippen LogP contribution is -2.41. The van der Waals surface area contributed by atoms with Gasteiger partial charge in [-0.1, -0.05) is 0 Å². The molecule has 0 radical (unpaired) electrons. The first kappa shape index (κ1) is 21.1. The molecule has 28 heavy (non-hydrogen) atoms. The van der Waals surface area contributed by atoms with Crippen molar-refractivity contribution in [3.8, 4) is 0 Å². The second-order valence-corrected chi connectivity index (χ2v) is 6.88. The Kier molecular flexibility index (Phi) is 5.91. The molecule has 1 aromatic rings. The number of hydrogen-bond acceptors (Lipinski definition) is 7. The van der Waals surface area contributed by atoms with Gasteiger partial charge in [0.2, 0.25) is 5.78 Å². The van der Waals surface area contributed by atoms with Gasteiger partial charge in [0.15, 0.2) is 6.61 Å². The van der Waals surface area contributed by atoms with Crippen LogP contribution in [0.3, 0.4) is 0 Å². The van der Waals surface area contributed by atoms with Crippen molar-refractivity contribution in [1.82, 2.24) is 15.2 Å². The molecule has 1 aliphatic heterocycles. The number of aryl methyl sites for hydroxylation is 2. The molecule has 0 spiro atoms. The van der Waals surface area contributed by atoms with Gasteiger partial charge in [0, 0.05) is 11.4 Å². The van der Waals surface area contributed by atoms with Gasteiger partial charge in [-0.15, -0.1) is 0 Å². The molecular weight excluding hydrogens is 370 g/mol. The quantitative estimate of drug-likeness (QED) is 0.398. The van der Waals surface area contributed by atoms with Crippen molar-refractivity contribution in [2.75, 3.05) is 19.8 Å². The molecule has 0 atom stereocenters. The standard InChI is InChI=1S/C18H23N3O7/c1-6-27-15(24)14-10(3)19-9(2)13(14)11(22)8-28-12(23)7-21-16(25)18(4,5)20-17(21)26/h19H,6-8H2,1-5H3,(H,20,26). The summed E-state index contributed by atoms with van der Waals surface area (Å²) < 4.78 is 9.88. The smallest absolute Gasteiger partial charge is 0.340 e. The number of carbonyl (C=O) groups is 5. The highest BCUT2D eigenvalue weighted by atomic mass is 16.5. The van der Waals surface area contributed by atoms with Crippen LogP contribution in [0.1, 0.15) is 52.9 Å². The summed E-state index contributed by atoms with van der Waals surface area (Å²) in [4.78, 5) is 64.1. The van der Waals surface area contributed by atoms with Crippen LogP contribution in [-0.2, 0) is 19.1 Å². The summed E-state index contributed by atoms with van der Waals surface area (Å²) in [7, 11) is 0. The summed E-state index contributed by atoms with van der Waals surface area (Å²) in [6.45, 7) is 6.79. The average Bonchev–Trinajstić information content (AvgIpc) is 2.99. The Labute approximate surface area is 161 Å². The van der Waals surface area contributed by atoms with E-state index < -0.39 is 48.4 Å². The lowest BCUT2D eigenvalue weighted by Gasteiger charge is -2.15. The van der Waals surface area contributed by atoms with Crippen LogP contribution in [-0.4, -0.2) is 64.8 Å². The fourth-order valence-electron chi connectivity index (χ4n) is 2.94. The van der Waals surface area contributed by atoms with Crippen LogP contribution >= 0.6 is 0 Å². The maximum atomic E-state index is 12.5. The van der Waals surface area contributed by atoms with Crippen molar-refractivity contribution >= 4 is 29.7 Å². The van der Waals surface area contributed by atoms with Crippen LogP contribution in [0.5, 0.6) is 0 Å². The monoisotopic (exact) mass is 393 g/mol. The Morgan fingerprint density at radius 3 is 2.18 bits per heavy atom. The molecule has 2 N–H and O–H groups in total. The van der Waals surface area contributed by atoms with E-state index in [0.717, 1.165) is 4.90 Å². The number of ketones is 1. The van der Waals surface area contributed by atoms with E-state index in [1.165, 1.54) is 13.8 Å². The normalized spacial score (nSPS) is 15.4. The Hall–Kier alpha value is -3.17. The van der Waals surface area contributed by atoms with Gasteiger partial charge in [0.25, 0.3) is 5.91 Å². The van der Waals surface area contributed by atoms with Crippen LogP contribution in [0.25, 0.3) is 0 Å². The number of H-pyrrole nitrogens is 1. The number of urea groups is 1. The fraction of sp³-hybridized carbons (Fsp3) is 0.500. The Balaban J connectivity index is 2.05. The highest BCUT2D eigenvalue weighted by Crippen LogP contribution is 2.21. The van der Waals surface area contributed by atoms with E-state index in [2.05, 4.69) is 10.3 Å². The molecule has 2 rings (SSSR count). The van der Waals surface area contributed by atoms with Gasteiger partial charge in [-0.05, 0) is 34.6 Å². The molecule has 0 saturated carbocycles.